The molecule has 0 bridgehead atoms. The molecule has 0 amide bonds. The molecule has 0 aromatic heterocycles. The Morgan fingerprint density at radius 1 is 1.00 bits per heavy atom. The Morgan fingerprint density at radius 2 is 1.47 bits per heavy atom. The molecule has 0 atom stereocenters. The number of hydrogen-bond donors (Lipinski definition) is 1. The molecule has 0 unspecified atom stereocenters. The van der Waals surface area contributed by atoms with Crippen molar-refractivity contribution in [3.8, 4) is 0 Å². The number of benzene rings is 1. The van der Waals surface area contributed by atoms with Gasteiger partial charge in [0.25, 0.3) is 0 Å². The zero-order chi connectivity index (χ0) is 13.1. The van der Waals surface area contributed by atoms with Gasteiger partial charge in [0.15, 0.2) is 0 Å². The van der Waals surface area contributed by atoms with Crippen molar-refractivity contribution >= 4 is 35.3 Å². The van der Waals surface area contributed by atoms with Crippen LogP contribution >= 0.6 is 35.3 Å². The summed E-state index contributed by atoms with van der Waals surface area (Å²) >= 11 is 5.34. The Labute approximate surface area is 117 Å². The maximum atomic E-state index is 9.48. The third kappa shape index (κ3) is 3.37. The van der Waals surface area contributed by atoms with Crippen molar-refractivity contribution < 1.29 is 5.11 Å². The molecule has 0 saturated heterocycles. The third-order valence-corrected chi connectivity index (χ3v) is 5.47. The third-order valence-electron chi connectivity index (χ3n) is 2.84. The fourth-order valence-electron chi connectivity index (χ4n) is 1.56. The number of aliphatic hydroxyl groups is 1. The molecule has 0 aliphatic heterocycles. The van der Waals surface area contributed by atoms with Gasteiger partial charge in [-0.3, -0.25) is 0 Å². The maximum Gasteiger partial charge on any atom is 0.0522 e. The fourth-order valence-corrected chi connectivity index (χ4v) is 4.23. The quantitative estimate of drug-likeness (QED) is 0.822. The summed E-state index contributed by atoms with van der Waals surface area (Å²) in [7, 11) is 0. The summed E-state index contributed by atoms with van der Waals surface area (Å²) in [4.78, 5) is 3.96. The number of rotatable bonds is 5. The van der Waals surface area contributed by atoms with Gasteiger partial charge in [-0.15, -0.1) is 35.3 Å². The van der Waals surface area contributed by atoms with Gasteiger partial charge in [0.1, 0.15) is 0 Å². The summed E-state index contributed by atoms with van der Waals surface area (Å²) in [6.07, 6.45) is 6.33. The van der Waals surface area contributed by atoms with Gasteiger partial charge in [0, 0.05) is 20.1 Å². The lowest BCUT2D eigenvalue weighted by atomic mass is 9.86. The van der Waals surface area contributed by atoms with Gasteiger partial charge in [-0.25, -0.2) is 0 Å². The molecule has 0 aliphatic carbocycles. The molecule has 0 radical (unpaired) electrons. The van der Waals surface area contributed by atoms with Crippen molar-refractivity contribution in [2.24, 2.45) is 0 Å². The molecule has 1 aromatic rings. The average Bonchev–Trinajstić information content (AvgIpc) is 2.36. The summed E-state index contributed by atoms with van der Waals surface area (Å²) in [6, 6.07) is 4.43. The van der Waals surface area contributed by atoms with Crippen molar-refractivity contribution in [2.45, 2.75) is 33.9 Å². The maximum absolute atomic E-state index is 9.48. The second kappa shape index (κ2) is 6.41. The molecule has 0 spiro atoms. The SMILES string of the molecule is CSc1cc(C(C)(C)CO)cc(SC)c1SC. The van der Waals surface area contributed by atoms with Crippen molar-refractivity contribution in [1.82, 2.24) is 0 Å². The highest BCUT2D eigenvalue weighted by molar-refractivity contribution is 8.03. The van der Waals surface area contributed by atoms with Crippen LogP contribution in [0.4, 0.5) is 0 Å². The van der Waals surface area contributed by atoms with Gasteiger partial charge in [0.05, 0.1) is 6.61 Å². The van der Waals surface area contributed by atoms with Crippen LogP contribution in [0, 0.1) is 0 Å². The topological polar surface area (TPSA) is 20.2 Å². The molecule has 1 N–H and O–H groups in total. The molecular weight excluding hydrogens is 268 g/mol. The number of thioether (sulfide) groups is 3. The molecule has 1 rings (SSSR count). The van der Waals surface area contributed by atoms with E-state index in [9.17, 15) is 5.11 Å². The molecule has 0 aliphatic rings. The van der Waals surface area contributed by atoms with E-state index in [2.05, 4.69) is 44.7 Å². The zero-order valence-electron chi connectivity index (χ0n) is 11.0. The Morgan fingerprint density at radius 3 is 1.76 bits per heavy atom. The summed E-state index contributed by atoms with van der Waals surface area (Å²) in [5, 5.41) is 9.48. The van der Waals surface area contributed by atoms with E-state index >= 15 is 0 Å². The van der Waals surface area contributed by atoms with E-state index in [0.29, 0.717) is 0 Å². The smallest absolute Gasteiger partial charge is 0.0522 e. The van der Waals surface area contributed by atoms with Crippen LogP contribution in [0.25, 0.3) is 0 Å². The molecule has 17 heavy (non-hydrogen) atoms. The fraction of sp³-hybridized carbons (Fsp3) is 0.538. The number of hydrogen-bond acceptors (Lipinski definition) is 4. The first kappa shape index (κ1) is 15.3. The normalized spacial score (nSPS) is 11.9. The highest BCUT2D eigenvalue weighted by atomic mass is 32.2. The Bertz CT molecular complexity index is 363. The summed E-state index contributed by atoms with van der Waals surface area (Å²) < 4.78 is 0. The predicted octanol–water partition coefficient (Wildman–Crippen LogP) is 4.12. The highest BCUT2D eigenvalue weighted by Gasteiger charge is 2.22. The highest BCUT2D eigenvalue weighted by Crippen LogP contribution is 2.39. The minimum absolute atomic E-state index is 0.174. The molecule has 0 fully saturated rings. The second-order valence-corrected chi connectivity index (χ2v) is 6.97. The molecule has 1 aromatic carbocycles. The molecule has 0 heterocycles. The largest absolute Gasteiger partial charge is 0.395 e. The van der Waals surface area contributed by atoms with Crippen LogP contribution in [-0.2, 0) is 5.41 Å². The van der Waals surface area contributed by atoms with Crippen molar-refractivity contribution in [3.63, 3.8) is 0 Å². The van der Waals surface area contributed by atoms with E-state index in [-0.39, 0.29) is 12.0 Å². The predicted molar refractivity (Wildman–Crippen MR) is 81.9 cm³/mol. The van der Waals surface area contributed by atoms with Gasteiger partial charge < -0.3 is 5.11 Å². The van der Waals surface area contributed by atoms with E-state index < -0.39 is 0 Å². The first-order valence-electron chi connectivity index (χ1n) is 5.41. The Kier molecular flexibility index (Phi) is 5.77. The van der Waals surface area contributed by atoms with E-state index in [1.54, 1.807) is 35.3 Å². The Hall–Kier alpha value is 0.230. The van der Waals surface area contributed by atoms with Gasteiger partial charge in [-0.1, -0.05) is 13.8 Å². The van der Waals surface area contributed by atoms with E-state index in [1.807, 2.05) is 0 Å². The van der Waals surface area contributed by atoms with Crippen LogP contribution < -0.4 is 0 Å². The molecule has 1 nitrogen and oxygen atoms in total. The van der Waals surface area contributed by atoms with Crippen molar-refractivity contribution in [1.29, 1.82) is 0 Å². The van der Waals surface area contributed by atoms with Crippen LogP contribution in [0.5, 0.6) is 0 Å². The monoisotopic (exact) mass is 288 g/mol. The second-order valence-electron chi connectivity index (χ2n) is 4.46. The summed E-state index contributed by atoms with van der Waals surface area (Å²) in [6.45, 7) is 4.33. The summed E-state index contributed by atoms with van der Waals surface area (Å²) in [5.41, 5.74) is 1.04. The first-order valence-corrected chi connectivity index (χ1v) is 9.09. The van der Waals surface area contributed by atoms with Crippen LogP contribution in [0.1, 0.15) is 19.4 Å². The van der Waals surface area contributed by atoms with Crippen molar-refractivity contribution in [2.75, 3.05) is 25.4 Å². The molecule has 0 saturated carbocycles. The van der Waals surface area contributed by atoms with E-state index in [0.717, 1.165) is 0 Å². The minimum Gasteiger partial charge on any atom is -0.395 e. The molecule has 4 heteroatoms. The van der Waals surface area contributed by atoms with E-state index in [1.165, 1.54) is 20.2 Å². The molecule has 96 valence electrons. The molecular formula is C13H20OS3. The lowest BCUT2D eigenvalue weighted by Gasteiger charge is -2.25. The lowest BCUT2D eigenvalue weighted by Crippen LogP contribution is -2.22. The van der Waals surface area contributed by atoms with Gasteiger partial charge in [-0.2, -0.15) is 0 Å². The standard InChI is InChI=1S/C13H20OS3/c1-13(2,8-14)9-6-10(15-3)12(17-5)11(7-9)16-4/h6-7,14H,8H2,1-5H3. The van der Waals surface area contributed by atoms with Crippen LogP contribution in [-0.4, -0.2) is 30.5 Å². The average molecular weight is 289 g/mol. The van der Waals surface area contributed by atoms with Crippen LogP contribution in [0.15, 0.2) is 26.8 Å². The lowest BCUT2D eigenvalue weighted by molar-refractivity contribution is 0.218. The van der Waals surface area contributed by atoms with Crippen molar-refractivity contribution in [3.05, 3.63) is 17.7 Å². The summed E-state index contributed by atoms with van der Waals surface area (Å²) in [5.74, 6) is 0. The number of aliphatic hydroxyl groups excluding tert-OH is 1. The van der Waals surface area contributed by atoms with Crippen LogP contribution in [0.2, 0.25) is 0 Å². The van der Waals surface area contributed by atoms with Gasteiger partial charge >= 0.3 is 0 Å². The minimum atomic E-state index is -0.175. The van der Waals surface area contributed by atoms with E-state index in [4.69, 9.17) is 0 Å². The van der Waals surface area contributed by atoms with Gasteiger partial charge in [-0.05, 0) is 36.5 Å². The zero-order valence-corrected chi connectivity index (χ0v) is 13.5. The van der Waals surface area contributed by atoms with Crippen LogP contribution in [0.3, 0.4) is 0 Å². The van der Waals surface area contributed by atoms with Gasteiger partial charge in [0.2, 0.25) is 0 Å². The Balaban J connectivity index is 3.37. The first-order chi connectivity index (χ1) is 8.00.